The molecule has 43 heavy (non-hydrogen) atoms. The molecule has 0 aliphatic rings. The molecule has 11 nitrogen and oxygen atoms in total. The number of nitrogens with zero attached hydrogens (tertiary/aromatic N) is 3. The van der Waals surface area contributed by atoms with E-state index in [9.17, 15) is 9.59 Å². The second kappa shape index (κ2) is 25.4. The van der Waals surface area contributed by atoms with Gasteiger partial charge in [-0.3, -0.25) is 9.59 Å². The molecule has 1 amide bonds. The molecule has 0 aromatic heterocycles. The molecule has 0 fully saturated rings. The van der Waals surface area contributed by atoms with Crippen LogP contribution in [0.15, 0.2) is 29.4 Å². The third-order valence-corrected chi connectivity index (χ3v) is 5.88. The number of hydrogen-bond acceptors (Lipinski definition) is 8. The summed E-state index contributed by atoms with van der Waals surface area (Å²) >= 11 is 0. The van der Waals surface area contributed by atoms with E-state index < -0.39 is 6.23 Å². The van der Waals surface area contributed by atoms with E-state index in [1.54, 1.807) is 24.3 Å². The molecule has 0 spiro atoms. The van der Waals surface area contributed by atoms with Gasteiger partial charge in [-0.25, -0.2) is 0 Å². The first-order valence-corrected chi connectivity index (χ1v) is 15.2. The standard InChI is InChI=1S/C32H50N4O7/c1-26(2)10-6-16-34-32(38)28-12-5-15-30(24-28)43-25-31(35-36-33)42-23-22-41-21-20-40-19-9-14-29(37)13-8-18-39-17-7-11-27(3)4/h5,12,15,24,26-27,31H,6,8-10,13-14,16-23,25H2,1-4H3,(H,34,38)/t31-/m0/s1. The van der Waals surface area contributed by atoms with Gasteiger partial charge in [0.25, 0.3) is 5.91 Å². The summed E-state index contributed by atoms with van der Waals surface area (Å²) in [6.45, 7) is 11.7. The summed E-state index contributed by atoms with van der Waals surface area (Å²) in [5.41, 5.74) is 9.35. The Morgan fingerprint density at radius 1 is 0.953 bits per heavy atom. The number of carbonyl (C=O) groups excluding carboxylic acids is 2. The Labute approximate surface area is 256 Å². The molecule has 240 valence electrons. The van der Waals surface area contributed by atoms with E-state index in [-0.39, 0.29) is 31.5 Å². The summed E-state index contributed by atoms with van der Waals surface area (Å²) in [7, 11) is 0. The van der Waals surface area contributed by atoms with Crippen LogP contribution in [0.4, 0.5) is 0 Å². The van der Waals surface area contributed by atoms with Crippen LogP contribution in [0.25, 0.3) is 10.4 Å². The van der Waals surface area contributed by atoms with Crippen molar-refractivity contribution in [2.75, 3.05) is 59.4 Å². The molecule has 0 heterocycles. The summed E-state index contributed by atoms with van der Waals surface area (Å²) in [6.07, 6.45) is 3.50. The summed E-state index contributed by atoms with van der Waals surface area (Å²) in [5, 5.41) is 6.53. The number of benzene rings is 1. The zero-order valence-electron chi connectivity index (χ0n) is 26.3. The highest BCUT2D eigenvalue weighted by molar-refractivity contribution is 5.94. The predicted octanol–water partition coefficient (Wildman–Crippen LogP) is 5.72. The number of carbonyl (C=O) groups is 2. The number of hydrogen-bond donors (Lipinski definition) is 1. The molecule has 0 unspecified atom stereocenters. The molecule has 1 atom stereocenters. The Bertz CT molecular complexity index is 1020. The number of azide groups is 1. The van der Waals surface area contributed by atoms with Gasteiger partial charge in [0, 0.05) is 49.0 Å². The van der Waals surface area contributed by atoms with Gasteiger partial charge in [-0.2, -0.15) is 0 Å². The molecule has 1 aromatic carbocycles. The molecule has 0 aliphatic carbocycles. The Balaban J connectivity index is 2.11. The Hall–Kier alpha value is -3.13. The Kier molecular flexibility index (Phi) is 22.4. The second-order valence-corrected chi connectivity index (χ2v) is 10.7. The fourth-order valence-electron chi connectivity index (χ4n) is 3.68. The highest BCUT2D eigenvalue weighted by atomic mass is 16.6. The van der Waals surface area contributed by atoms with Gasteiger partial charge in [0.05, 0.1) is 26.4 Å². The van der Waals surface area contributed by atoms with E-state index in [1.807, 2.05) is 13.8 Å². The normalized spacial score (nSPS) is 11.5. The van der Waals surface area contributed by atoms with Crippen molar-refractivity contribution in [1.29, 1.82) is 0 Å². The lowest BCUT2D eigenvalue weighted by molar-refractivity contribution is -0.119. The molecule has 1 rings (SSSR count). The van der Waals surface area contributed by atoms with Gasteiger partial charge in [0.15, 0.2) is 6.23 Å². The quantitative estimate of drug-likeness (QED) is 0.0496. The van der Waals surface area contributed by atoms with Gasteiger partial charge in [0.1, 0.15) is 24.7 Å². The average Bonchev–Trinajstić information content (AvgIpc) is 2.98. The number of nitrogens with one attached hydrogen (secondary N) is 1. The lowest BCUT2D eigenvalue weighted by Crippen LogP contribution is -2.25. The maximum atomic E-state index is 12.4. The molecular formula is C32H50N4O7. The molecule has 1 aromatic rings. The van der Waals surface area contributed by atoms with Crippen molar-refractivity contribution >= 4 is 11.7 Å². The number of ether oxygens (including phenoxy) is 5. The maximum absolute atomic E-state index is 12.4. The SMILES string of the molecule is CC(C)C#CCOCCCC(=O)CCCOCCOCCO[C@@H](COc1cccc(C(=O)NCCCC(C)C)c1)N=[N+]=[N-]. The van der Waals surface area contributed by atoms with E-state index >= 15 is 0 Å². The lowest BCUT2D eigenvalue weighted by atomic mass is 10.1. The van der Waals surface area contributed by atoms with Crippen LogP contribution in [0, 0.1) is 23.7 Å². The second-order valence-electron chi connectivity index (χ2n) is 10.7. The fraction of sp³-hybridized carbons (Fsp3) is 0.688. The molecule has 0 bridgehead atoms. The molecule has 11 heteroatoms. The van der Waals surface area contributed by atoms with Crippen LogP contribution < -0.4 is 10.1 Å². The summed E-state index contributed by atoms with van der Waals surface area (Å²) in [5.74, 6) is 7.44. The van der Waals surface area contributed by atoms with Crippen molar-refractivity contribution in [3.8, 4) is 17.6 Å². The molecule has 0 saturated heterocycles. The monoisotopic (exact) mass is 602 g/mol. The Morgan fingerprint density at radius 3 is 2.35 bits per heavy atom. The number of ketones is 1. The van der Waals surface area contributed by atoms with Gasteiger partial charge < -0.3 is 29.0 Å². The average molecular weight is 603 g/mol. The topological polar surface area (TPSA) is 141 Å². The largest absolute Gasteiger partial charge is 0.491 e. The minimum absolute atomic E-state index is 0.00857. The molecule has 0 radical (unpaired) electrons. The summed E-state index contributed by atoms with van der Waals surface area (Å²) < 4.78 is 27.7. The highest BCUT2D eigenvalue weighted by Gasteiger charge is 2.11. The highest BCUT2D eigenvalue weighted by Crippen LogP contribution is 2.14. The van der Waals surface area contributed by atoms with Crippen molar-refractivity contribution in [1.82, 2.24) is 5.32 Å². The third kappa shape index (κ3) is 22.1. The van der Waals surface area contributed by atoms with Gasteiger partial charge >= 0.3 is 0 Å². The molecule has 0 aliphatic heterocycles. The number of Topliss-reactive ketones (excluding diaryl/α,β-unsaturated/α-hetero) is 1. The van der Waals surface area contributed by atoms with Crippen LogP contribution in [0.3, 0.4) is 0 Å². The van der Waals surface area contributed by atoms with E-state index in [2.05, 4.69) is 41.0 Å². The third-order valence-electron chi connectivity index (χ3n) is 5.88. The fourth-order valence-corrected chi connectivity index (χ4v) is 3.68. The predicted molar refractivity (Wildman–Crippen MR) is 166 cm³/mol. The minimum Gasteiger partial charge on any atom is -0.491 e. The zero-order chi connectivity index (χ0) is 31.5. The first kappa shape index (κ1) is 37.9. The molecular weight excluding hydrogens is 552 g/mol. The van der Waals surface area contributed by atoms with Crippen LogP contribution >= 0.6 is 0 Å². The van der Waals surface area contributed by atoms with Crippen molar-refractivity contribution in [2.24, 2.45) is 17.0 Å². The van der Waals surface area contributed by atoms with Crippen molar-refractivity contribution in [3.05, 3.63) is 40.3 Å². The van der Waals surface area contributed by atoms with E-state index in [0.717, 1.165) is 12.8 Å². The summed E-state index contributed by atoms with van der Waals surface area (Å²) in [4.78, 5) is 27.1. The van der Waals surface area contributed by atoms with Crippen LogP contribution in [0.5, 0.6) is 5.75 Å². The van der Waals surface area contributed by atoms with E-state index in [1.165, 1.54) is 0 Å². The minimum atomic E-state index is -0.846. The maximum Gasteiger partial charge on any atom is 0.251 e. The van der Waals surface area contributed by atoms with Crippen LogP contribution in [0.2, 0.25) is 0 Å². The van der Waals surface area contributed by atoms with Crippen molar-refractivity contribution < 1.29 is 33.3 Å². The Morgan fingerprint density at radius 2 is 1.65 bits per heavy atom. The molecule has 0 saturated carbocycles. The lowest BCUT2D eigenvalue weighted by Gasteiger charge is -2.15. The van der Waals surface area contributed by atoms with Gasteiger partial charge in [0.2, 0.25) is 0 Å². The van der Waals surface area contributed by atoms with Gasteiger partial charge in [-0.05, 0) is 55.3 Å². The zero-order valence-corrected chi connectivity index (χ0v) is 26.3. The van der Waals surface area contributed by atoms with Crippen molar-refractivity contribution in [3.63, 3.8) is 0 Å². The van der Waals surface area contributed by atoms with Crippen LogP contribution in [-0.2, 0) is 23.7 Å². The molecule has 1 N–H and O–H groups in total. The summed E-state index contributed by atoms with van der Waals surface area (Å²) in [6, 6.07) is 6.82. The van der Waals surface area contributed by atoms with Gasteiger partial charge in [-0.15, -0.1) is 0 Å². The van der Waals surface area contributed by atoms with Crippen LogP contribution in [0.1, 0.15) is 76.6 Å². The first-order chi connectivity index (χ1) is 20.8. The number of amides is 1. The smallest absolute Gasteiger partial charge is 0.251 e. The van der Waals surface area contributed by atoms with E-state index in [0.29, 0.717) is 88.4 Å². The first-order valence-electron chi connectivity index (χ1n) is 15.2. The van der Waals surface area contributed by atoms with Gasteiger partial charge in [-0.1, -0.05) is 50.7 Å². The van der Waals surface area contributed by atoms with Crippen molar-refractivity contribution in [2.45, 2.75) is 72.4 Å². The van der Waals surface area contributed by atoms with E-state index in [4.69, 9.17) is 29.2 Å². The van der Waals surface area contributed by atoms with Crippen LogP contribution in [-0.4, -0.2) is 77.3 Å². The number of rotatable bonds is 25.